The fourth-order valence-corrected chi connectivity index (χ4v) is 4.47. The Balaban J connectivity index is 1.52. The summed E-state index contributed by atoms with van der Waals surface area (Å²) in [6, 6.07) is 8.14. The lowest BCUT2D eigenvalue weighted by molar-refractivity contribution is -0.120. The summed E-state index contributed by atoms with van der Waals surface area (Å²) < 4.78 is 0. The van der Waals surface area contributed by atoms with Crippen LogP contribution in [0.2, 0.25) is 0 Å². The molecule has 4 rings (SSSR count). The number of thiophene rings is 1. The van der Waals surface area contributed by atoms with Crippen molar-refractivity contribution in [3.05, 3.63) is 62.0 Å². The summed E-state index contributed by atoms with van der Waals surface area (Å²) in [5.41, 5.74) is 6.62. The Morgan fingerprint density at radius 1 is 1.30 bits per heavy atom. The SMILES string of the molecule is Cc1sc2nc(CC(=O)N/N=C3/CCCc4ccccc43)[nH]c(=O)c2c1C. The Labute approximate surface area is 160 Å². The predicted molar refractivity (Wildman–Crippen MR) is 107 cm³/mol. The second-order valence-corrected chi connectivity index (χ2v) is 7.96. The van der Waals surface area contributed by atoms with E-state index >= 15 is 0 Å². The average Bonchev–Trinajstić information content (AvgIpc) is 2.94. The molecule has 3 aromatic rings. The number of aromatic amines is 1. The highest BCUT2D eigenvalue weighted by atomic mass is 32.1. The summed E-state index contributed by atoms with van der Waals surface area (Å²) in [5, 5.41) is 4.94. The lowest BCUT2D eigenvalue weighted by Gasteiger charge is -2.17. The number of aromatic nitrogens is 2. The highest BCUT2D eigenvalue weighted by Gasteiger charge is 2.16. The zero-order valence-corrected chi connectivity index (χ0v) is 16.1. The van der Waals surface area contributed by atoms with Crippen LogP contribution in [0.25, 0.3) is 10.2 Å². The summed E-state index contributed by atoms with van der Waals surface area (Å²) in [6.07, 6.45) is 2.88. The van der Waals surface area contributed by atoms with Crippen molar-refractivity contribution in [1.29, 1.82) is 0 Å². The van der Waals surface area contributed by atoms with Crippen molar-refractivity contribution in [1.82, 2.24) is 15.4 Å². The standard InChI is InChI=1S/C20H20N4O2S/c1-11-12(2)27-20-18(11)19(26)21-16(22-20)10-17(25)24-23-15-9-5-7-13-6-3-4-8-14(13)15/h3-4,6,8H,5,7,9-10H2,1-2H3,(H,24,25)(H,21,22,26)/b23-15-. The number of rotatable bonds is 3. The Morgan fingerprint density at radius 3 is 2.96 bits per heavy atom. The Kier molecular flexibility index (Phi) is 4.61. The smallest absolute Gasteiger partial charge is 0.259 e. The van der Waals surface area contributed by atoms with Gasteiger partial charge in [0.1, 0.15) is 10.7 Å². The first-order valence-electron chi connectivity index (χ1n) is 8.95. The van der Waals surface area contributed by atoms with Crippen molar-refractivity contribution in [2.75, 3.05) is 0 Å². The van der Waals surface area contributed by atoms with Gasteiger partial charge < -0.3 is 4.98 Å². The lowest BCUT2D eigenvalue weighted by atomic mass is 9.90. The Bertz CT molecular complexity index is 1130. The molecular formula is C20H20N4O2S. The van der Waals surface area contributed by atoms with Gasteiger partial charge in [-0.25, -0.2) is 10.4 Å². The molecule has 1 aromatic carbocycles. The first-order valence-corrected chi connectivity index (χ1v) is 9.77. The number of fused-ring (bicyclic) bond motifs is 2. The van der Waals surface area contributed by atoms with Crippen LogP contribution >= 0.6 is 11.3 Å². The highest BCUT2D eigenvalue weighted by Crippen LogP contribution is 2.25. The fraction of sp³-hybridized carbons (Fsp3) is 0.300. The molecule has 0 bridgehead atoms. The first-order chi connectivity index (χ1) is 13.0. The predicted octanol–water partition coefficient (Wildman–Crippen LogP) is 3.00. The highest BCUT2D eigenvalue weighted by molar-refractivity contribution is 7.18. The molecule has 1 aliphatic rings. The van der Waals surface area contributed by atoms with Crippen LogP contribution in [0.4, 0.5) is 0 Å². The van der Waals surface area contributed by atoms with E-state index in [1.807, 2.05) is 32.0 Å². The maximum absolute atomic E-state index is 12.3. The summed E-state index contributed by atoms with van der Waals surface area (Å²) in [5.74, 6) is 0.0635. The van der Waals surface area contributed by atoms with E-state index in [-0.39, 0.29) is 17.9 Å². The van der Waals surface area contributed by atoms with Crippen LogP contribution in [-0.2, 0) is 17.6 Å². The van der Waals surface area contributed by atoms with Crippen LogP contribution in [0.5, 0.6) is 0 Å². The van der Waals surface area contributed by atoms with Gasteiger partial charge in [0.15, 0.2) is 0 Å². The van der Waals surface area contributed by atoms with Crippen molar-refractivity contribution < 1.29 is 4.79 Å². The number of H-pyrrole nitrogens is 1. The monoisotopic (exact) mass is 380 g/mol. The number of amides is 1. The zero-order chi connectivity index (χ0) is 19.0. The quantitative estimate of drug-likeness (QED) is 0.685. The molecule has 2 heterocycles. The van der Waals surface area contributed by atoms with Gasteiger partial charge in [0.2, 0.25) is 5.91 Å². The molecule has 0 aliphatic heterocycles. The summed E-state index contributed by atoms with van der Waals surface area (Å²) in [7, 11) is 0. The molecule has 1 amide bonds. The van der Waals surface area contributed by atoms with Crippen molar-refractivity contribution in [3.8, 4) is 0 Å². The molecule has 2 aromatic heterocycles. The van der Waals surface area contributed by atoms with Crippen molar-refractivity contribution in [2.45, 2.75) is 39.5 Å². The van der Waals surface area contributed by atoms with Crippen LogP contribution in [-0.4, -0.2) is 21.6 Å². The first kappa shape index (κ1) is 17.6. The van der Waals surface area contributed by atoms with E-state index in [2.05, 4.69) is 26.6 Å². The minimum atomic E-state index is -0.293. The maximum atomic E-state index is 12.3. The van der Waals surface area contributed by atoms with E-state index in [4.69, 9.17) is 0 Å². The van der Waals surface area contributed by atoms with Crippen LogP contribution in [0.15, 0.2) is 34.2 Å². The van der Waals surface area contributed by atoms with Gasteiger partial charge in [-0.15, -0.1) is 11.3 Å². The number of nitrogens with zero attached hydrogens (tertiary/aromatic N) is 2. The summed E-state index contributed by atoms with van der Waals surface area (Å²) in [4.78, 5) is 33.5. The number of carbonyl (C=O) groups is 1. The average molecular weight is 380 g/mol. The van der Waals surface area contributed by atoms with Gasteiger partial charge in [-0.2, -0.15) is 5.10 Å². The molecular weight excluding hydrogens is 360 g/mol. The van der Waals surface area contributed by atoms with Gasteiger partial charge >= 0.3 is 0 Å². The van der Waals surface area contributed by atoms with Gasteiger partial charge in [0.25, 0.3) is 5.56 Å². The minimum absolute atomic E-state index is 0.0143. The summed E-state index contributed by atoms with van der Waals surface area (Å²) >= 11 is 1.47. The molecule has 6 nitrogen and oxygen atoms in total. The second kappa shape index (κ2) is 7.08. The maximum Gasteiger partial charge on any atom is 0.259 e. The fourth-order valence-electron chi connectivity index (χ4n) is 3.42. The second-order valence-electron chi connectivity index (χ2n) is 6.76. The van der Waals surface area contributed by atoms with Crippen LogP contribution < -0.4 is 11.0 Å². The van der Waals surface area contributed by atoms with Gasteiger partial charge in [-0.1, -0.05) is 24.3 Å². The normalized spacial score (nSPS) is 15.1. The third kappa shape index (κ3) is 3.42. The Hall–Kier alpha value is -2.80. The molecule has 0 saturated heterocycles. The number of hydrogen-bond acceptors (Lipinski definition) is 5. The number of aryl methyl sites for hydroxylation is 3. The molecule has 0 spiro atoms. The molecule has 138 valence electrons. The van der Waals surface area contributed by atoms with Crippen molar-refractivity contribution >= 4 is 33.2 Å². The van der Waals surface area contributed by atoms with E-state index in [0.29, 0.717) is 16.0 Å². The van der Waals surface area contributed by atoms with Gasteiger partial charge in [0, 0.05) is 10.4 Å². The van der Waals surface area contributed by atoms with E-state index in [9.17, 15) is 9.59 Å². The number of carbonyl (C=O) groups excluding carboxylic acids is 1. The molecule has 0 atom stereocenters. The molecule has 0 unspecified atom stereocenters. The number of hydrogen-bond donors (Lipinski definition) is 2. The third-order valence-corrected chi connectivity index (χ3v) is 6.02. The summed E-state index contributed by atoms with van der Waals surface area (Å²) in [6.45, 7) is 3.88. The van der Waals surface area contributed by atoms with E-state index in [1.54, 1.807) is 0 Å². The van der Waals surface area contributed by atoms with Gasteiger partial charge in [-0.3, -0.25) is 9.59 Å². The zero-order valence-electron chi connectivity index (χ0n) is 15.3. The minimum Gasteiger partial charge on any atom is -0.309 e. The molecule has 27 heavy (non-hydrogen) atoms. The lowest BCUT2D eigenvalue weighted by Crippen LogP contribution is -2.25. The van der Waals surface area contributed by atoms with Gasteiger partial charge in [0.05, 0.1) is 17.5 Å². The Morgan fingerprint density at radius 2 is 2.11 bits per heavy atom. The third-order valence-electron chi connectivity index (χ3n) is 4.92. The molecule has 7 heteroatoms. The molecule has 1 aliphatic carbocycles. The number of hydrazone groups is 1. The van der Waals surface area contributed by atoms with Crippen molar-refractivity contribution in [2.24, 2.45) is 5.10 Å². The number of nitrogens with one attached hydrogen (secondary N) is 2. The topological polar surface area (TPSA) is 87.2 Å². The van der Waals surface area contributed by atoms with E-state index < -0.39 is 0 Å². The molecule has 0 saturated carbocycles. The van der Waals surface area contributed by atoms with E-state index in [0.717, 1.165) is 41.0 Å². The largest absolute Gasteiger partial charge is 0.309 e. The van der Waals surface area contributed by atoms with Crippen LogP contribution in [0.3, 0.4) is 0 Å². The van der Waals surface area contributed by atoms with E-state index in [1.165, 1.54) is 16.9 Å². The van der Waals surface area contributed by atoms with Gasteiger partial charge in [-0.05, 0) is 44.2 Å². The van der Waals surface area contributed by atoms with Crippen LogP contribution in [0, 0.1) is 13.8 Å². The molecule has 0 fully saturated rings. The molecule has 0 radical (unpaired) electrons. The van der Waals surface area contributed by atoms with Crippen LogP contribution in [0.1, 0.15) is 40.2 Å². The molecule has 2 N–H and O–H groups in total. The number of benzene rings is 1. The van der Waals surface area contributed by atoms with Crippen molar-refractivity contribution in [3.63, 3.8) is 0 Å².